The number of amides is 2. The second-order valence-electron chi connectivity index (χ2n) is 4.21. The van der Waals surface area contributed by atoms with Crippen LogP contribution in [0.4, 0.5) is 4.39 Å². The molecule has 0 radical (unpaired) electrons. The van der Waals surface area contributed by atoms with Gasteiger partial charge < -0.3 is 16.2 Å². The Bertz CT molecular complexity index is 521. The van der Waals surface area contributed by atoms with Gasteiger partial charge in [-0.3, -0.25) is 9.59 Å². The van der Waals surface area contributed by atoms with E-state index in [1.54, 1.807) is 0 Å². The molecule has 0 unspecified atom stereocenters. The second-order valence-corrected chi connectivity index (χ2v) is 5.25. The number of rotatable bonds is 8. The third-order valence-electron chi connectivity index (χ3n) is 2.50. The summed E-state index contributed by atoms with van der Waals surface area (Å²) in [7, 11) is 0. The van der Waals surface area contributed by atoms with Gasteiger partial charge in [-0.25, -0.2) is 9.18 Å². The lowest BCUT2D eigenvalue weighted by Gasteiger charge is -2.13. The van der Waals surface area contributed by atoms with Crippen molar-refractivity contribution in [3.8, 4) is 0 Å². The molecule has 0 spiro atoms. The highest BCUT2D eigenvalue weighted by Gasteiger charge is 2.20. The number of nitrogens with one attached hydrogen (secondary N) is 1. The maximum atomic E-state index is 12.7. The third kappa shape index (κ3) is 6.75. The number of hydrogen-bond acceptors (Lipinski definition) is 4. The quantitative estimate of drug-likeness (QED) is 0.614. The Morgan fingerprint density at radius 3 is 2.43 bits per heavy atom. The minimum absolute atomic E-state index is 0.00795. The fraction of sp³-hybridized carbons (Fsp3) is 0.308. The van der Waals surface area contributed by atoms with Crippen LogP contribution in [-0.4, -0.2) is 34.7 Å². The molecule has 0 aliphatic carbocycles. The molecular weight excluding hydrogens is 299 g/mol. The second kappa shape index (κ2) is 8.25. The monoisotopic (exact) mass is 314 g/mol. The Hall–Kier alpha value is -2.09. The van der Waals surface area contributed by atoms with Gasteiger partial charge in [0.05, 0.1) is 5.75 Å². The SMILES string of the molecule is NC(=O)CC[C@H](NC(=O)CSc1ccc(F)cc1)C(=O)O. The van der Waals surface area contributed by atoms with Crippen LogP contribution in [0.3, 0.4) is 0 Å². The summed E-state index contributed by atoms with van der Waals surface area (Å²) >= 11 is 1.15. The van der Waals surface area contributed by atoms with E-state index >= 15 is 0 Å². The molecule has 1 rings (SSSR count). The van der Waals surface area contributed by atoms with Gasteiger partial charge in [-0.15, -0.1) is 11.8 Å². The summed E-state index contributed by atoms with van der Waals surface area (Å²) < 4.78 is 12.7. The smallest absolute Gasteiger partial charge is 0.326 e. The number of nitrogens with two attached hydrogens (primary N) is 1. The molecule has 8 heteroatoms. The number of carboxylic acids is 1. The van der Waals surface area contributed by atoms with E-state index in [9.17, 15) is 18.8 Å². The first kappa shape index (κ1) is 17.0. The van der Waals surface area contributed by atoms with Gasteiger partial charge in [-0.2, -0.15) is 0 Å². The summed E-state index contributed by atoms with van der Waals surface area (Å²) in [5.74, 6) is -2.72. The largest absolute Gasteiger partial charge is 0.480 e. The molecule has 1 aromatic carbocycles. The van der Waals surface area contributed by atoms with Crippen molar-refractivity contribution in [3.05, 3.63) is 30.1 Å². The van der Waals surface area contributed by atoms with Crippen molar-refractivity contribution in [2.75, 3.05) is 5.75 Å². The molecule has 0 aromatic heterocycles. The number of carboxylic acid groups (broad SMARTS) is 1. The van der Waals surface area contributed by atoms with Crippen molar-refractivity contribution in [1.29, 1.82) is 0 Å². The van der Waals surface area contributed by atoms with Crippen LogP contribution in [0.5, 0.6) is 0 Å². The lowest BCUT2D eigenvalue weighted by atomic mass is 10.1. The average molecular weight is 314 g/mol. The highest BCUT2D eigenvalue weighted by molar-refractivity contribution is 8.00. The minimum atomic E-state index is -1.23. The van der Waals surface area contributed by atoms with Crippen LogP contribution >= 0.6 is 11.8 Å². The first-order valence-electron chi connectivity index (χ1n) is 6.07. The highest BCUT2D eigenvalue weighted by atomic mass is 32.2. The van der Waals surface area contributed by atoms with Crippen molar-refractivity contribution in [2.24, 2.45) is 5.73 Å². The standard InChI is InChI=1S/C13H15FN2O4S/c14-8-1-3-9(4-2-8)21-7-12(18)16-10(13(19)20)5-6-11(15)17/h1-4,10H,5-7H2,(H2,15,17)(H,16,18)(H,19,20)/t10-/m0/s1. The zero-order valence-electron chi connectivity index (χ0n) is 11.0. The first-order chi connectivity index (χ1) is 9.88. The third-order valence-corrected chi connectivity index (χ3v) is 3.51. The van der Waals surface area contributed by atoms with Gasteiger partial charge in [0.15, 0.2) is 0 Å². The van der Waals surface area contributed by atoms with Crippen LogP contribution in [0, 0.1) is 5.82 Å². The number of benzene rings is 1. The molecule has 2 amide bonds. The Kier molecular flexibility index (Phi) is 6.67. The number of halogens is 1. The summed E-state index contributed by atoms with van der Waals surface area (Å²) in [6, 6.07) is 4.43. The lowest BCUT2D eigenvalue weighted by Crippen LogP contribution is -2.42. The van der Waals surface area contributed by atoms with E-state index in [0.717, 1.165) is 11.8 Å². The topological polar surface area (TPSA) is 109 Å². The maximum absolute atomic E-state index is 12.7. The average Bonchev–Trinajstić information content (AvgIpc) is 2.42. The first-order valence-corrected chi connectivity index (χ1v) is 7.06. The van der Waals surface area contributed by atoms with Gasteiger partial charge in [-0.1, -0.05) is 0 Å². The molecule has 0 fully saturated rings. The zero-order chi connectivity index (χ0) is 15.8. The van der Waals surface area contributed by atoms with E-state index in [1.165, 1.54) is 24.3 Å². The van der Waals surface area contributed by atoms with E-state index in [4.69, 9.17) is 10.8 Å². The summed E-state index contributed by atoms with van der Waals surface area (Å²) in [6.45, 7) is 0. The number of thioether (sulfide) groups is 1. The van der Waals surface area contributed by atoms with Crippen molar-refractivity contribution < 1.29 is 23.9 Å². The van der Waals surface area contributed by atoms with Crippen LogP contribution < -0.4 is 11.1 Å². The molecule has 1 atom stereocenters. The molecule has 1 aromatic rings. The molecule has 0 heterocycles. The van der Waals surface area contributed by atoms with Crippen molar-refractivity contribution in [1.82, 2.24) is 5.32 Å². The molecule has 0 saturated carbocycles. The maximum Gasteiger partial charge on any atom is 0.326 e. The predicted molar refractivity (Wildman–Crippen MR) is 75.1 cm³/mol. The van der Waals surface area contributed by atoms with Crippen molar-refractivity contribution in [2.45, 2.75) is 23.8 Å². The summed E-state index contributed by atoms with van der Waals surface area (Å²) in [4.78, 5) is 33.9. The fourth-order valence-corrected chi connectivity index (χ4v) is 2.17. The molecule has 0 bridgehead atoms. The normalized spacial score (nSPS) is 11.7. The van der Waals surface area contributed by atoms with Crippen LogP contribution in [-0.2, 0) is 14.4 Å². The number of carbonyl (C=O) groups is 3. The number of hydrogen-bond donors (Lipinski definition) is 3. The molecule has 0 aliphatic rings. The molecule has 4 N–H and O–H groups in total. The van der Waals surface area contributed by atoms with E-state index in [-0.39, 0.29) is 24.4 Å². The Labute approximate surface area is 124 Å². The highest BCUT2D eigenvalue weighted by Crippen LogP contribution is 2.17. The van der Waals surface area contributed by atoms with E-state index in [1.807, 2.05) is 0 Å². The molecule has 6 nitrogen and oxygen atoms in total. The lowest BCUT2D eigenvalue weighted by molar-refractivity contribution is -0.141. The van der Waals surface area contributed by atoms with Gasteiger partial charge in [0.2, 0.25) is 11.8 Å². The number of primary amides is 1. The van der Waals surface area contributed by atoms with E-state index in [0.29, 0.717) is 4.90 Å². The van der Waals surface area contributed by atoms with Crippen molar-refractivity contribution in [3.63, 3.8) is 0 Å². The summed E-state index contributed by atoms with van der Waals surface area (Å²) in [5, 5.41) is 11.2. The molecule has 114 valence electrons. The molecular formula is C13H15FN2O4S. The van der Waals surface area contributed by atoms with Gasteiger partial charge >= 0.3 is 5.97 Å². The van der Waals surface area contributed by atoms with Crippen LogP contribution in [0.25, 0.3) is 0 Å². The predicted octanol–water partition coefficient (Wildman–Crippen LogP) is 0.753. The Balaban J connectivity index is 2.44. The Morgan fingerprint density at radius 2 is 1.90 bits per heavy atom. The van der Waals surface area contributed by atoms with Crippen LogP contribution in [0.2, 0.25) is 0 Å². The summed E-state index contributed by atoms with van der Waals surface area (Å²) in [5.41, 5.74) is 4.94. The summed E-state index contributed by atoms with van der Waals surface area (Å²) in [6.07, 6.45) is -0.181. The van der Waals surface area contributed by atoms with E-state index in [2.05, 4.69) is 5.32 Å². The van der Waals surface area contributed by atoms with Gasteiger partial charge in [0.1, 0.15) is 11.9 Å². The fourth-order valence-electron chi connectivity index (χ4n) is 1.46. The van der Waals surface area contributed by atoms with Crippen LogP contribution in [0.1, 0.15) is 12.8 Å². The molecule has 0 aliphatic heterocycles. The number of carbonyl (C=O) groups excluding carboxylic acids is 2. The molecule has 21 heavy (non-hydrogen) atoms. The van der Waals surface area contributed by atoms with E-state index < -0.39 is 23.8 Å². The van der Waals surface area contributed by atoms with Crippen LogP contribution in [0.15, 0.2) is 29.2 Å². The minimum Gasteiger partial charge on any atom is -0.480 e. The molecule has 0 saturated heterocycles. The Morgan fingerprint density at radius 1 is 1.29 bits per heavy atom. The van der Waals surface area contributed by atoms with Gasteiger partial charge in [-0.05, 0) is 30.7 Å². The zero-order valence-corrected chi connectivity index (χ0v) is 11.9. The van der Waals surface area contributed by atoms with Gasteiger partial charge in [0.25, 0.3) is 0 Å². The van der Waals surface area contributed by atoms with Gasteiger partial charge in [0, 0.05) is 11.3 Å². The number of aliphatic carboxylic acids is 1. The van der Waals surface area contributed by atoms with Crippen molar-refractivity contribution >= 4 is 29.5 Å².